The van der Waals surface area contributed by atoms with E-state index >= 15 is 0 Å². The van der Waals surface area contributed by atoms with Crippen LogP contribution in [0.25, 0.3) is 0 Å². The Morgan fingerprint density at radius 2 is 1.97 bits per heavy atom. The van der Waals surface area contributed by atoms with Gasteiger partial charge in [-0.1, -0.05) is 35.3 Å². The maximum absolute atomic E-state index is 13.1. The van der Waals surface area contributed by atoms with Crippen molar-refractivity contribution in [3.05, 3.63) is 81.9 Å². The highest BCUT2D eigenvalue weighted by Gasteiger charge is 2.19. The number of ether oxygens (including phenoxy) is 2. The van der Waals surface area contributed by atoms with E-state index in [0.29, 0.717) is 47.6 Å². The Hall–Kier alpha value is -2.54. The summed E-state index contributed by atoms with van der Waals surface area (Å²) in [6, 6.07) is 12.6. The first-order valence-corrected chi connectivity index (χ1v) is 10.1. The van der Waals surface area contributed by atoms with Crippen molar-refractivity contribution >= 4 is 29.1 Å². The minimum absolute atomic E-state index is 0.116. The summed E-state index contributed by atoms with van der Waals surface area (Å²) in [5, 5.41) is 1.02. The van der Waals surface area contributed by atoms with Gasteiger partial charge in [-0.15, -0.1) is 0 Å². The normalized spacial score (nSPS) is 10.8. The van der Waals surface area contributed by atoms with Gasteiger partial charge in [0.25, 0.3) is 5.91 Å². The Balaban J connectivity index is 1.80. The molecule has 1 heterocycles. The average Bonchev–Trinajstić information content (AvgIpc) is 3.19. The molecule has 30 heavy (non-hydrogen) atoms. The molecule has 1 amide bonds. The minimum atomic E-state index is -0.116. The first-order chi connectivity index (χ1) is 14.5. The van der Waals surface area contributed by atoms with Gasteiger partial charge in [-0.3, -0.25) is 4.79 Å². The zero-order valence-corrected chi connectivity index (χ0v) is 18.4. The molecule has 0 bridgehead atoms. The summed E-state index contributed by atoms with van der Waals surface area (Å²) < 4.78 is 12.4. The summed E-state index contributed by atoms with van der Waals surface area (Å²) >= 11 is 12.1. The van der Waals surface area contributed by atoms with Gasteiger partial charge in [-0.05, 0) is 35.9 Å². The number of nitrogens with zero attached hydrogens (tertiary/aromatic N) is 3. The minimum Gasteiger partial charge on any atom is -0.497 e. The van der Waals surface area contributed by atoms with Crippen molar-refractivity contribution in [3.63, 3.8) is 0 Å². The van der Waals surface area contributed by atoms with E-state index in [0.717, 1.165) is 11.4 Å². The van der Waals surface area contributed by atoms with Gasteiger partial charge >= 0.3 is 0 Å². The van der Waals surface area contributed by atoms with Gasteiger partial charge in [-0.2, -0.15) is 0 Å². The zero-order chi connectivity index (χ0) is 21.5. The number of halogens is 2. The molecular formula is C22H23Cl2N3O3. The predicted octanol–water partition coefficient (Wildman–Crippen LogP) is 4.54. The lowest BCUT2D eigenvalue weighted by atomic mass is 10.2. The van der Waals surface area contributed by atoms with Crippen LogP contribution in [0.5, 0.6) is 5.75 Å². The number of hydrogen-bond donors (Lipinski definition) is 0. The molecule has 158 valence electrons. The van der Waals surface area contributed by atoms with Crippen molar-refractivity contribution in [1.29, 1.82) is 0 Å². The van der Waals surface area contributed by atoms with Crippen LogP contribution in [-0.2, 0) is 17.8 Å². The van der Waals surface area contributed by atoms with Crippen LogP contribution in [0.1, 0.15) is 21.7 Å². The maximum Gasteiger partial charge on any atom is 0.254 e. The Labute approximate surface area is 185 Å². The second-order valence-corrected chi connectivity index (χ2v) is 7.49. The van der Waals surface area contributed by atoms with E-state index in [1.165, 1.54) is 0 Å². The van der Waals surface area contributed by atoms with Crippen LogP contribution in [-0.4, -0.2) is 47.7 Å². The highest BCUT2D eigenvalue weighted by molar-refractivity contribution is 6.42. The molecule has 0 atom stereocenters. The van der Waals surface area contributed by atoms with Gasteiger partial charge < -0.3 is 18.9 Å². The molecule has 0 aliphatic heterocycles. The highest BCUT2D eigenvalue weighted by Crippen LogP contribution is 2.23. The lowest BCUT2D eigenvalue weighted by Gasteiger charge is -2.23. The van der Waals surface area contributed by atoms with Gasteiger partial charge in [0.2, 0.25) is 0 Å². The summed E-state index contributed by atoms with van der Waals surface area (Å²) in [5.74, 6) is 1.28. The van der Waals surface area contributed by atoms with Gasteiger partial charge in [0.05, 0.1) is 30.3 Å². The molecule has 0 saturated heterocycles. The van der Waals surface area contributed by atoms with E-state index in [-0.39, 0.29) is 5.91 Å². The van der Waals surface area contributed by atoms with Crippen molar-refractivity contribution < 1.29 is 14.3 Å². The number of hydrogen-bond acceptors (Lipinski definition) is 4. The molecule has 1 aromatic heterocycles. The molecule has 0 N–H and O–H groups in total. The van der Waals surface area contributed by atoms with Crippen molar-refractivity contribution in [1.82, 2.24) is 14.5 Å². The first kappa shape index (κ1) is 22.2. The molecule has 0 fully saturated rings. The van der Waals surface area contributed by atoms with E-state index in [2.05, 4.69) is 4.98 Å². The number of rotatable bonds is 9. The van der Waals surface area contributed by atoms with E-state index in [9.17, 15) is 4.79 Å². The Kier molecular flexibility index (Phi) is 7.74. The third-order valence-corrected chi connectivity index (χ3v) is 5.38. The van der Waals surface area contributed by atoms with Crippen molar-refractivity contribution in [3.8, 4) is 5.75 Å². The summed E-state index contributed by atoms with van der Waals surface area (Å²) in [6.45, 7) is 1.76. The van der Waals surface area contributed by atoms with Crippen LogP contribution in [0.2, 0.25) is 10.0 Å². The molecule has 3 aromatic rings. The number of benzene rings is 2. The quantitative estimate of drug-likeness (QED) is 0.483. The Morgan fingerprint density at radius 3 is 2.70 bits per heavy atom. The van der Waals surface area contributed by atoms with E-state index in [1.54, 1.807) is 55.6 Å². The van der Waals surface area contributed by atoms with Gasteiger partial charge in [0.15, 0.2) is 0 Å². The van der Waals surface area contributed by atoms with Crippen LogP contribution in [0.15, 0.2) is 54.9 Å². The predicted molar refractivity (Wildman–Crippen MR) is 117 cm³/mol. The van der Waals surface area contributed by atoms with Crippen LogP contribution in [0, 0.1) is 0 Å². The molecule has 6 nitrogen and oxygen atoms in total. The van der Waals surface area contributed by atoms with Crippen LogP contribution < -0.4 is 4.74 Å². The molecule has 0 saturated carbocycles. The van der Waals surface area contributed by atoms with Crippen molar-refractivity contribution in [2.75, 3.05) is 27.4 Å². The molecule has 0 radical (unpaired) electrons. The number of carbonyl (C=O) groups excluding carboxylic acids is 1. The van der Waals surface area contributed by atoms with Gasteiger partial charge in [-0.25, -0.2) is 4.98 Å². The highest BCUT2D eigenvalue weighted by atomic mass is 35.5. The monoisotopic (exact) mass is 447 g/mol. The van der Waals surface area contributed by atoms with Crippen LogP contribution >= 0.6 is 23.2 Å². The third kappa shape index (κ3) is 5.53. The molecule has 2 aromatic carbocycles. The summed E-state index contributed by atoms with van der Waals surface area (Å²) in [4.78, 5) is 19.3. The number of aromatic nitrogens is 2. The summed E-state index contributed by atoms with van der Waals surface area (Å²) in [7, 11) is 3.19. The number of methoxy groups -OCH3 is 2. The molecule has 0 aliphatic carbocycles. The number of imidazole rings is 1. The number of carbonyl (C=O) groups is 1. The fourth-order valence-electron chi connectivity index (χ4n) is 3.03. The largest absolute Gasteiger partial charge is 0.497 e. The standard InChI is InChI=1S/C22H23Cl2N3O3/c1-29-11-10-27(22(28)17-4-3-5-18(13-17)30-2)15-21-25-8-9-26(21)14-16-6-7-19(23)20(24)12-16/h3-9,12-13H,10-11,14-15H2,1-2H3. The van der Waals surface area contributed by atoms with Crippen molar-refractivity contribution in [2.45, 2.75) is 13.1 Å². The van der Waals surface area contributed by atoms with Gasteiger partial charge in [0.1, 0.15) is 11.6 Å². The van der Waals surface area contributed by atoms with E-state index in [4.69, 9.17) is 32.7 Å². The molecule has 0 aliphatic rings. The Bertz CT molecular complexity index is 1010. The van der Waals surface area contributed by atoms with E-state index in [1.807, 2.05) is 22.9 Å². The molecule has 0 unspecified atom stereocenters. The Morgan fingerprint density at radius 1 is 1.13 bits per heavy atom. The maximum atomic E-state index is 13.1. The SMILES string of the molecule is COCCN(Cc1nccn1Cc1ccc(Cl)c(Cl)c1)C(=O)c1cccc(OC)c1. The van der Waals surface area contributed by atoms with Crippen molar-refractivity contribution in [2.24, 2.45) is 0 Å². The summed E-state index contributed by atoms with van der Waals surface area (Å²) in [5.41, 5.74) is 1.54. The third-order valence-electron chi connectivity index (χ3n) is 4.64. The molecule has 0 spiro atoms. The zero-order valence-electron chi connectivity index (χ0n) is 16.8. The van der Waals surface area contributed by atoms with Gasteiger partial charge in [0, 0.05) is 38.2 Å². The summed E-state index contributed by atoms with van der Waals surface area (Å²) in [6.07, 6.45) is 3.60. The molecule has 3 rings (SSSR count). The smallest absolute Gasteiger partial charge is 0.254 e. The fraction of sp³-hybridized carbons (Fsp3) is 0.273. The fourth-order valence-corrected chi connectivity index (χ4v) is 3.35. The molecular weight excluding hydrogens is 425 g/mol. The second kappa shape index (κ2) is 10.5. The lowest BCUT2D eigenvalue weighted by Crippen LogP contribution is -2.34. The van der Waals surface area contributed by atoms with Crippen LogP contribution in [0.3, 0.4) is 0 Å². The van der Waals surface area contributed by atoms with E-state index < -0.39 is 0 Å². The average molecular weight is 448 g/mol. The topological polar surface area (TPSA) is 56.6 Å². The van der Waals surface area contributed by atoms with Crippen LogP contribution in [0.4, 0.5) is 0 Å². The second-order valence-electron chi connectivity index (χ2n) is 6.67. The first-order valence-electron chi connectivity index (χ1n) is 9.38. The molecule has 8 heteroatoms. The number of amides is 1. The lowest BCUT2D eigenvalue weighted by molar-refractivity contribution is 0.0673.